The predicted octanol–water partition coefficient (Wildman–Crippen LogP) is 1.92. The van der Waals surface area contributed by atoms with Crippen LogP contribution in [0.5, 0.6) is 0 Å². The Bertz CT molecular complexity index is 400. The van der Waals surface area contributed by atoms with Gasteiger partial charge in [0.05, 0.1) is 0 Å². The van der Waals surface area contributed by atoms with Gasteiger partial charge in [0.1, 0.15) is 6.33 Å². The zero-order valence-electron chi connectivity index (χ0n) is 5.08. The second kappa shape index (κ2) is 2.32. The van der Waals surface area contributed by atoms with Gasteiger partial charge in [-0.15, -0.1) is 0 Å². The Morgan fingerprint density at radius 2 is 2.09 bits per heavy atom. The van der Waals surface area contributed by atoms with Gasteiger partial charge in [-0.1, -0.05) is 11.6 Å². The first kappa shape index (κ1) is 6.82. The molecule has 2 aromatic rings. The van der Waals surface area contributed by atoms with E-state index in [1.54, 1.807) is 0 Å². The molecule has 0 saturated carbocycles. The normalized spacial score (nSPS) is 10.7. The molecular weight excluding hydrogens is 189 g/mol. The molecule has 0 unspecified atom stereocenters. The molecule has 0 amide bonds. The Balaban J connectivity index is 2.90. The summed E-state index contributed by atoms with van der Waals surface area (Å²) in [5.41, 5.74) is 0.689. The third kappa shape index (κ3) is 1.04. The average Bonchev–Trinajstić information content (AvgIpc) is 2.31. The number of hydrogen-bond acceptors (Lipinski definition) is 4. The molecule has 4 nitrogen and oxygen atoms in total. The molecule has 0 atom stereocenters. The zero-order valence-corrected chi connectivity index (χ0v) is 6.60. The van der Waals surface area contributed by atoms with Crippen molar-refractivity contribution < 1.29 is 4.42 Å². The fraction of sp³-hybridized carbons (Fsp3) is 0. The first-order valence-electron chi connectivity index (χ1n) is 2.70. The predicted molar refractivity (Wildman–Crippen MR) is 39.6 cm³/mol. The highest BCUT2D eigenvalue weighted by atomic mass is 35.5. The van der Waals surface area contributed by atoms with Gasteiger partial charge in [0.25, 0.3) is 5.35 Å². The topological polar surface area (TPSA) is 51.8 Å². The molecule has 2 aromatic heterocycles. The van der Waals surface area contributed by atoms with Gasteiger partial charge in [-0.25, -0.2) is 9.97 Å². The third-order valence-electron chi connectivity index (χ3n) is 1.12. The highest BCUT2D eigenvalue weighted by molar-refractivity contribution is 6.33. The van der Waals surface area contributed by atoms with Crippen LogP contribution in [0.2, 0.25) is 10.5 Å². The van der Waals surface area contributed by atoms with E-state index in [9.17, 15) is 0 Å². The summed E-state index contributed by atoms with van der Waals surface area (Å²) >= 11 is 11.1. The minimum Gasteiger partial charge on any atom is -0.422 e. The first-order valence-corrected chi connectivity index (χ1v) is 3.45. The molecule has 0 radical (unpaired) electrons. The fourth-order valence-corrected chi connectivity index (χ4v) is 1.03. The van der Waals surface area contributed by atoms with Crippen LogP contribution in [0, 0.1) is 0 Å². The zero-order chi connectivity index (χ0) is 7.84. The van der Waals surface area contributed by atoms with E-state index >= 15 is 0 Å². The third-order valence-corrected chi connectivity index (χ3v) is 1.55. The standard InChI is InChI=1S/C5HCl2N3O/c6-3-2-4(9-1-8-3)10-5(7)11-2/h1H. The van der Waals surface area contributed by atoms with Crippen molar-refractivity contribution in [2.24, 2.45) is 0 Å². The van der Waals surface area contributed by atoms with E-state index in [2.05, 4.69) is 15.0 Å². The lowest BCUT2D eigenvalue weighted by molar-refractivity contribution is 0.603. The average molecular weight is 190 g/mol. The second-order valence-electron chi connectivity index (χ2n) is 1.78. The minimum absolute atomic E-state index is 0.0161. The minimum atomic E-state index is 0.0161. The number of halogens is 2. The molecule has 2 rings (SSSR count). The van der Waals surface area contributed by atoms with Crippen LogP contribution in [0.4, 0.5) is 0 Å². The Kier molecular flexibility index (Phi) is 1.44. The van der Waals surface area contributed by atoms with Gasteiger partial charge in [0.15, 0.2) is 5.15 Å². The summed E-state index contributed by atoms with van der Waals surface area (Å²) in [4.78, 5) is 11.2. The number of rotatable bonds is 0. The van der Waals surface area contributed by atoms with Crippen LogP contribution in [-0.4, -0.2) is 15.0 Å². The molecule has 0 spiro atoms. The number of nitrogens with zero attached hydrogens (tertiary/aromatic N) is 3. The summed E-state index contributed by atoms with van der Waals surface area (Å²) in [5.74, 6) is 0. The Morgan fingerprint density at radius 1 is 1.27 bits per heavy atom. The van der Waals surface area contributed by atoms with Crippen molar-refractivity contribution in [3.63, 3.8) is 0 Å². The number of fused-ring (bicyclic) bond motifs is 1. The SMILES string of the molecule is Clc1nc2ncnc(Cl)c2o1. The molecular formula is C5HCl2N3O. The summed E-state index contributed by atoms with van der Waals surface area (Å²) < 4.78 is 4.90. The maximum Gasteiger partial charge on any atom is 0.294 e. The lowest BCUT2D eigenvalue weighted by Crippen LogP contribution is -1.79. The molecule has 0 aromatic carbocycles. The largest absolute Gasteiger partial charge is 0.422 e. The summed E-state index contributed by atoms with van der Waals surface area (Å²) in [6.45, 7) is 0. The highest BCUT2D eigenvalue weighted by Gasteiger charge is 2.08. The second-order valence-corrected chi connectivity index (χ2v) is 2.47. The summed E-state index contributed by atoms with van der Waals surface area (Å²) in [6.07, 6.45) is 1.30. The van der Waals surface area contributed by atoms with Crippen molar-refractivity contribution in [1.82, 2.24) is 15.0 Å². The van der Waals surface area contributed by atoms with Crippen molar-refractivity contribution in [1.29, 1.82) is 0 Å². The molecule has 0 aliphatic heterocycles. The maximum atomic E-state index is 5.63. The maximum absolute atomic E-state index is 5.63. The van der Waals surface area contributed by atoms with Gasteiger partial charge < -0.3 is 4.42 Å². The van der Waals surface area contributed by atoms with E-state index in [0.29, 0.717) is 11.2 Å². The van der Waals surface area contributed by atoms with Crippen LogP contribution in [0.3, 0.4) is 0 Å². The lowest BCUT2D eigenvalue weighted by Gasteiger charge is -1.85. The van der Waals surface area contributed by atoms with Crippen LogP contribution in [-0.2, 0) is 0 Å². The van der Waals surface area contributed by atoms with Gasteiger partial charge in [-0.3, -0.25) is 0 Å². The van der Waals surface area contributed by atoms with Crippen LogP contribution in [0.15, 0.2) is 10.7 Å². The van der Waals surface area contributed by atoms with E-state index in [-0.39, 0.29) is 10.5 Å². The van der Waals surface area contributed by atoms with E-state index in [0.717, 1.165) is 0 Å². The van der Waals surface area contributed by atoms with Crippen LogP contribution < -0.4 is 0 Å². The molecule has 6 heteroatoms. The molecule has 11 heavy (non-hydrogen) atoms. The number of hydrogen-bond donors (Lipinski definition) is 0. The van der Waals surface area contributed by atoms with Gasteiger partial charge in [0, 0.05) is 0 Å². The van der Waals surface area contributed by atoms with Crippen molar-refractivity contribution >= 4 is 34.4 Å². The Labute approximate surface area is 71.2 Å². The van der Waals surface area contributed by atoms with Gasteiger partial charge in [-0.05, 0) is 11.6 Å². The van der Waals surface area contributed by atoms with Crippen molar-refractivity contribution in [3.8, 4) is 0 Å². The molecule has 2 heterocycles. The van der Waals surface area contributed by atoms with Crippen LogP contribution in [0.25, 0.3) is 11.2 Å². The number of aromatic nitrogens is 3. The van der Waals surface area contributed by atoms with E-state index < -0.39 is 0 Å². The molecule has 0 fully saturated rings. The van der Waals surface area contributed by atoms with Gasteiger partial charge in [0.2, 0.25) is 11.2 Å². The Morgan fingerprint density at radius 3 is 2.82 bits per heavy atom. The number of oxazole rings is 1. The molecule has 0 saturated heterocycles. The summed E-state index contributed by atoms with van der Waals surface area (Å²) in [6, 6.07) is 0. The summed E-state index contributed by atoms with van der Waals surface area (Å²) in [5, 5.41) is 0.233. The van der Waals surface area contributed by atoms with Crippen molar-refractivity contribution in [2.45, 2.75) is 0 Å². The smallest absolute Gasteiger partial charge is 0.294 e. The first-order chi connectivity index (χ1) is 5.27. The van der Waals surface area contributed by atoms with Crippen LogP contribution in [0.1, 0.15) is 0 Å². The molecule has 0 bridgehead atoms. The molecule has 56 valence electrons. The highest BCUT2D eigenvalue weighted by Crippen LogP contribution is 2.21. The van der Waals surface area contributed by atoms with Crippen molar-refractivity contribution in [2.75, 3.05) is 0 Å². The summed E-state index contributed by atoms with van der Waals surface area (Å²) in [7, 11) is 0. The Hall–Kier alpha value is -0.870. The van der Waals surface area contributed by atoms with Crippen LogP contribution >= 0.6 is 23.2 Å². The molecule has 0 aliphatic rings. The van der Waals surface area contributed by atoms with E-state index in [4.69, 9.17) is 27.6 Å². The van der Waals surface area contributed by atoms with Gasteiger partial charge >= 0.3 is 0 Å². The quantitative estimate of drug-likeness (QED) is 0.595. The molecule has 0 aliphatic carbocycles. The fourth-order valence-electron chi connectivity index (χ4n) is 0.701. The van der Waals surface area contributed by atoms with Gasteiger partial charge in [-0.2, -0.15) is 4.98 Å². The van der Waals surface area contributed by atoms with E-state index in [1.807, 2.05) is 0 Å². The molecule has 0 N–H and O–H groups in total. The lowest BCUT2D eigenvalue weighted by atomic mass is 10.6. The van der Waals surface area contributed by atoms with Crippen molar-refractivity contribution in [3.05, 3.63) is 16.8 Å². The monoisotopic (exact) mass is 189 g/mol. The van der Waals surface area contributed by atoms with E-state index in [1.165, 1.54) is 6.33 Å².